The van der Waals surface area contributed by atoms with Crippen LogP contribution in [0.5, 0.6) is 0 Å². The number of nitrogens with two attached hydrogens (primary N) is 1. The summed E-state index contributed by atoms with van der Waals surface area (Å²) >= 11 is 0.967. The minimum atomic E-state index is -3.41. The number of hydrogen-bond donors (Lipinski definition) is 3. The third kappa shape index (κ3) is 4.35. The fraction of sp³-hybridized carbons (Fsp3) is 0.727. The highest BCUT2D eigenvalue weighted by Gasteiger charge is 2.38. The van der Waals surface area contributed by atoms with E-state index in [1.54, 1.807) is 0 Å². The zero-order chi connectivity index (χ0) is 15.7. The van der Waals surface area contributed by atoms with Gasteiger partial charge in [-0.25, -0.2) is 8.42 Å². The predicted octanol–water partition coefficient (Wildman–Crippen LogP) is 0.756. The molecule has 1 aliphatic rings. The summed E-state index contributed by atoms with van der Waals surface area (Å²) in [4.78, 5) is 12.3. The molecular weight excluding hydrogens is 314 g/mol. The van der Waals surface area contributed by atoms with Crippen LogP contribution in [0.15, 0.2) is 0 Å². The van der Waals surface area contributed by atoms with E-state index in [0.717, 1.165) is 43.3 Å². The van der Waals surface area contributed by atoms with E-state index in [1.807, 2.05) is 6.92 Å². The van der Waals surface area contributed by atoms with Gasteiger partial charge in [0.15, 0.2) is 0 Å². The Morgan fingerprint density at radius 3 is 2.67 bits per heavy atom. The topological polar surface area (TPSA) is 127 Å². The number of nitrogens with one attached hydrogen (secondary N) is 2. The highest BCUT2D eigenvalue weighted by Crippen LogP contribution is 2.33. The summed E-state index contributed by atoms with van der Waals surface area (Å²) < 4.78 is 24.4. The zero-order valence-corrected chi connectivity index (χ0v) is 13.6. The van der Waals surface area contributed by atoms with Crippen LogP contribution in [-0.4, -0.2) is 36.3 Å². The molecule has 8 nitrogen and oxygen atoms in total. The van der Waals surface area contributed by atoms with E-state index in [9.17, 15) is 13.2 Å². The lowest BCUT2D eigenvalue weighted by atomic mass is 9.74. The van der Waals surface area contributed by atoms with Gasteiger partial charge in [0.1, 0.15) is 0 Å². The molecule has 2 atom stereocenters. The van der Waals surface area contributed by atoms with Gasteiger partial charge >= 0.3 is 0 Å². The number of anilines is 2. The first-order valence-electron chi connectivity index (χ1n) is 6.58. The first-order chi connectivity index (χ1) is 9.67. The summed E-state index contributed by atoms with van der Waals surface area (Å²) in [5.41, 5.74) is 5.65. The number of carbonyl (C=O) groups excluding carboxylic acids is 1. The first-order valence-corrected chi connectivity index (χ1v) is 9.29. The summed E-state index contributed by atoms with van der Waals surface area (Å²) in [6.45, 7) is 1.88. The van der Waals surface area contributed by atoms with Crippen LogP contribution in [0.25, 0.3) is 0 Å². The second-order valence-electron chi connectivity index (χ2n) is 5.58. The van der Waals surface area contributed by atoms with Gasteiger partial charge in [-0.1, -0.05) is 24.2 Å². The van der Waals surface area contributed by atoms with E-state index in [2.05, 4.69) is 20.2 Å². The molecule has 0 radical (unpaired) electrons. The Labute approximate surface area is 127 Å². The summed E-state index contributed by atoms with van der Waals surface area (Å²) in [5.74, 6) is -0.469. The average Bonchev–Trinajstić information content (AvgIpc) is 2.73. The molecule has 1 heterocycles. The van der Waals surface area contributed by atoms with Gasteiger partial charge in [0.05, 0.1) is 12.2 Å². The minimum absolute atomic E-state index is 0.118. The van der Waals surface area contributed by atoms with E-state index in [1.165, 1.54) is 0 Å². The molecule has 2 unspecified atom stereocenters. The molecule has 118 valence electrons. The largest absolute Gasteiger partial charge is 0.325 e. The van der Waals surface area contributed by atoms with Crippen molar-refractivity contribution in [1.29, 1.82) is 0 Å². The Bertz CT molecular complexity index is 626. The van der Waals surface area contributed by atoms with Crippen molar-refractivity contribution in [2.24, 2.45) is 11.7 Å². The SMILES string of the molecule is CC1(N)CCCCC1C(=O)Nc1nnc(NS(C)(=O)=O)s1. The van der Waals surface area contributed by atoms with Crippen molar-refractivity contribution in [2.45, 2.75) is 38.1 Å². The van der Waals surface area contributed by atoms with Crippen LogP contribution in [0.3, 0.4) is 0 Å². The summed E-state index contributed by atoms with van der Waals surface area (Å²) in [7, 11) is -3.41. The molecule has 1 aromatic rings. The van der Waals surface area contributed by atoms with E-state index in [4.69, 9.17) is 5.73 Å². The van der Waals surface area contributed by atoms with Crippen LogP contribution in [-0.2, 0) is 14.8 Å². The quantitative estimate of drug-likeness (QED) is 0.746. The number of hydrogen-bond acceptors (Lipinski definition) is 7. The van der Waals surface area contributed by atoms with Gasteiger partial charge in [-0.05, 0) is 19.8 Å². The minimum Gasteiger partial charge on any atom is -0.325 e. The van der Waals surface area contributed by atoms with Crippen molar-refractivity contribution in [2.75, 3.05) is 16.3 Å². The Hall–Kier alpha value is -1.26. The lowest BCUT2D eigenvalue weighted by molar-refractivity contribution is -0.122. The van der Waals surface area contributed by atoms with E-state index in [0.29, 0.717) is 0 Å². The maximum absolute atomic E-state index is 12.3. The highest BCUT2D eigenvalue weighted by atomic mass is 32.2. The molecule has 1 aliphatic carbocycles. The molecule has 1 aromatic heterocycles. The Kier molecular flexibility index (Phi) is 4.49. The van der Waals surface area contributed by atoms with Crippen LogP contribution >= 0.6 is 11.3 Å². The van der Waals surface area contributed by atoms with Gasteiger partial charge in [-0.15, -0.1) is 10.2 Å². The van der Waals surface area contributed by atoms with E-state index >= 15 is 0 Å². The summed E-state index contributed by atoms with van der Waals surface area (Å²) in [6.07, 6.45) is 4.57. The Balaban J connectivity index is 2.03. The number of aromatic nitrogens is 2. The molecule has 0 aliphatic heterocycles. The summed E-state index contributed by atoms with van der Waals surface area (Å²) in [5, 5.41) is 10.5. The molecule has 0 spiro atoms. The zero-order valence-electron chi connectivity index (χ0n) is 11.9. The Morgan fingerprint density at radius 1 is 1.38 bits per heavy atom. The first kappa shape index (κ1) is 16.1. The van der Waals surface area contributed by atoms with Crippen LogP contribution in [0.4, 0.5) is 10.3 Å². The van der Waals surface area contributed by atoms with Crippen LogP contribution in [0, 0.1) is 5.92 Å². The maximum Gasteiger partial charge on any atom is 0.231 e. The van der Waals surface area contributed by atoms with Gasteiger partial charge in [0, 0.05) is 5.54 Å². The van der Waals surface area contributed by atoms with Gasteiger partial charge < -0.3 is 11.1 Å². The number of carbonyl (C=O) groups is 1. The monoisotopic (exact) mass is 333 g/mol. The number of nitrogens with zero attached hydrogens (tertiary/aromatic N) is 2. The third-order valence-electron chi connectivity index (χ3n) is 3.50. The number of rotatable bonds is 4. The number of sulfonamides is 1. The molecule has 10 heteroatoms. The van der Waals surface area contributed by atoms with Crippen molar-refractivity contribution < 1.29 is 13.2 Å². The van der Waals surface area contributed by atoms with Crippen molar-refractivity contribution in [3.63, 3.8) is 0 Å². The van der Waals surface area contributed by atoms with Gasteiger partial charge in [0.2, 0.25) is 26.2 Å². The molecule has 4 N–H and O–H groups in total. The van der Waals surface area contributed by atoms with E-state index in [-0.39, 0.29) is 22.1 Å². The molecule has 1 fully saturated rings. The van der Waals surface area contributed by atoms with Crippen LogP contribution in [0.1, 0.15) is 32.6 Å². The fourth-order valence-electron chi connectivity index (χ4n) is 2.45. The lowest BCUT2D eigenvalue weighted by Gasteiger charge is -2.36. The highest BCUT2D eigenvalue weighted by molar-refractivity contribution is 7.92. The smallest absolute Gasteiger partial charge is 0.231 e. The molecule has 0 aromatic carbocycles. The second kappa shape index (κ2) is 5.85. The molecule has 0 bridgehead atoms. The van der Waals surface area contributed by atoms with Gasteiger partial charge in [-0.3, -0.25) is 9.52 Å². The summed E-state index contributed by atoms with van der Waals surface area (Å²) in [6, 6.07) is 0. The number of amides is 1. The normalized spacial score (nSPS) is 26.3. The van der Waals surface area contributed by atoms with E-state index < -0.39 is 15.6 Å². The van der Waals surface area contributed by atoms with Crippen molar-refractivity contribution >= 4 is 37.5 Å². The maximum atomic E-state index is 12.3. The van der Waals surface area contributed by atoms with Crippen molar-refractivity contribution in [3.05, 3.63) is 0 Å². The molecule has 1 saturated carbocycles. The molecule has 1 amide bonds. The molecular formula is C11H19N5O3S2. The van der Waals surface area contributed by atoms with Crippen molar-refractivity contribution in [1.82, 2.24) is 10.2 Å². The van der Waals surface area contributed by atoms with Crippen LogP contribution in [0.2, 0.25) is 0 Å². The molecule has 2 rings (SSSR count). The fourth-order valence-corrected chi connectivity index (χ4v) is 3.93. The molecule has 21 heavy (non-hydrogen) atoms. The average molecular weight is 333 g/mol. The Morgan fingerprint density at radius 2 is 2.05 bits per heavy atom. The van der Waals surface area contributed by atoms with Crippen molar-refractivity contribution in [3.8, 4) is 0 Å². The van der Waals surface area contributed by atoms with Gasteiger partial charge in [-0.2, -0.15) is 0 Å². The van der Waals surface area contributed by atoms with Gasteiger partial charge in [0.25, 0.3) is 0 Å². The lowest BCUT2D eigenvalue weighted by Crippen LogP contribution is -2.51. The third-order valence-corrected chi connectivity index (χ3v) is 4.95. The predicted molar refractivity (Wildman–Crippen MR) is 81.6 cm³/mol. The standard InChI is InChI=1S/C11H19N5O3S2/c1-11(12)6-4-3-5-7(11)8(17)13-9-14-15-10(20-9)16-21(2,18)19/h7H,3-6,12H2,1-2H3,(H,15,16)(H,13,14,17). The second-order valence-corrected chi connectivity index (χ2v) is 8.31. The van der Waals surface area contributed by atoms with Crippen LogP contribution < -0.4 is 15.8 Å². The molecule has 0 saturated heterocycles.